The SMILES string of the molecule is CCCCN1CCC(c2cc(C(=O)NCc3c(C)cc(C)[nH]c3=O)c3cnn(C4CCCC4)c3c2)CC1. The highest BCUT2D eigenvalue weighted by atomic mass is 16.1. The maximum Gasteiger partial charge on any atom is 0.253 e. The first-order valence-electron chi connectivity index (χ1n) is 14.2. The normalized spacial score (nSPS) is 17.6. The summed E-state index contributed by atoms with van der Waals surface area (Å²) in [7, 11) is 0. The fourth-order valence-corrected chi connectivity index (χ4v) is 6.27. The van der Waals surface area contributed by atoms with Gasteiger partial charge in [0.05, 0.1) is 23.3 Å². The van der Waals surface area contributed by atoms with Gasteiger partial charge in [0.25, 0.3) is 11.5 Å². The molecule has 0 bridgehead atoms. The van der Waals surface area contributed by atoms with Gasteiger partial charge in [-0.25, -0.2) is 0 Å². The third-order valence-corrected chi connectivity index (χ3v) is 8.46. The largest absolute Gasteiger partial charge is 0.348 e. The summed E-state index contributed by atoms with van der Waals surface area (Å²) in [6.45, 7) is 9.65. The number of aromatic nitrogens is 3. The number of hydrogen-bond acceptors (Lipinski definition) is 4. The van der Waals surface area contributed by atoms with E-state index in [0.29, 0.717) is 23.1 Å². The molecule has 1 aromatic carbocycles. The molecule has 0 unspecified atom stereocenters. The number of H-pyrrole nitrogens is 1. The highest BCUT2D eigenvalue weighted by Crippen LogP contribution is 2.36. The third-order valence-electron chi connectivity index (χ3n) is 8.46. The predicted molar refractivity (Wildman–Crippen MR) is 148 cm³/mol. The second-order valence-electron chi connectivity index (χ2n) is 11.1. The second kappa shape index (κ2) is 11.2. The van der Waals surface area contributed by atoms with Crippen molar-refractivity contribution < 1.29 is 4.79 Å². The Morgan fingerprint density at radius 3 is 2.57 bits per heavy atom. The smallest absolute Gasteiger partial charge is 0.253 e. The fourth-order valence-electron chi connectivity index (χ4n) is 6.27. The molecule has 0 radical (unpaired) electrons. The second-order valence-corrected chi connectivity index (χ2v) is 11.1. The van der Waals surface area contributed by atoms with Gasteiger partial charge in [-0.15, -0.1) is 0 Å². The van der Waals surface area contributed by atoms with Crippen molar-refractivity contribution in [2.24, 2.45) is 0 Å². The molecule has 2 aromatic heterocycles. The summed E-state index contributed by atoms with van der Waals surface area (Å²) < 4.78 is 2.17. The van der Waals surface area contributed by atoms with Crippen LogP contribution < -0.4 is 10.9 Å². The molecule has 2 aliphatic rings. The summed E-state index contributed by atoms with van der Waals surface area (Å²) in [5.41, 5.74) is 5.18. The molecule has 37 heavy (non-hydrogen) atoms. The van der Waals surface area contributed by atoms with Gasteiger partial charge in [0, 0.05) is 23.2 Å². The molecule has 7 heteroatoms. The van der Waals surface area contributed by atoms with Crippen molar-refractivity contribution in [2.45, 2.75) is 90.6 Å². The lowest BCUT2D eigenvalue weighted by atomic mass is 9.87. The number of pyridine rings is 1. The minimum atomic E-state index is -0.141. The fraction of sp³-hybridized carbons (Fsp3) is 0.567. The number of amides is 1. The van der Waals surface area contributed by atoms with E-state index in [2.05, 4.69) is 38.9 Å². The third kappa shape index (κ3) is 5.52. The van der Waals surface area contributed by atoms with E-state index in [0.717, 1.165) is 60.9 Å². The molecular formula is C30H41N5O2. The minimum absolute atomic E-state index is 0.138. The summed E-state index contributed by atoms with van der Waals surface area (Å²) in [4.78, 5) is 31.5. The van der Waals surface area contributed by atoms with Crippen LogP contribution in [0.4, 0.5) is 0 Å². The quantitative estimate of drug-likeness (QED) is 0.433. The van der Waals surface area contributed by atoms with E-state index >= 15 is 0 Å². The Hall–Kier alpha value is -2.93. The van der Waals surface area contributed by atoms with E-state index in [1.165, 1.54) is 37.8 Å². The van der Waals surface area contributed by atoms with Crippen molar-refractivity contribution in [1.82, 2.24) is 25.0 Å². The van der Waals surface area contributed by atoms with E-state index in [1.807, 2.05) is 26.1 Å². The Kier molecular flexibility index (Phi) is 7.79. The van der Waals surface area contributed by atoms with Crippen LogP contribution in [0.3, 0.4) is 0 Å². The van der Waals surface area contributed by atoms with Crippen LogP contribution >= 0.6 is 0 Å². The molecule has 2 N–H and O–H groups in total. The Morgan fingerprint density at radius 1 is 1.11 bits per heavy atom. The molecule has 7 nitrogen and oxygen atoms in total. The average Bonchev–Trinajstić information content (AvgIpc) is 3.56. The maximum atomic E-state index is 13.6. The number of carbonyl (C=O) groups is 1. The lowest BCUT2D eigenvalue weighted by Gasteiger charge is -2.32. The van der Waals surface area contributed by atoms with Crippen molar-refractivity contribution in [3.8, 4) is 0 Å². The molecule has 0 spiro atoms. The van der Waals surface area contributed by atoms with Crippen molar-refractivity contribution >= 4 is 16.8 Å². The molecule has 5 rings (SSSR count). The van der Waals surface area contributed by atoms with Crippen LogP contribution in [0.2, 0.25) is 0 Å². The van der Waals surface area contributed by atoms with E-state index < -0.39 is 0 Å². The zero-order valence-corrected chi connectivity index (χ0v) is 22.6. The summed E-state index contributed by atoms with van der Waals surface area (Å²) in [5, 5.41) is 8.73. The summed E-state index contributed by atoms with van der Waals surface area (Å²) in [5.74, 6) is 0.306. The molecule has 1 amide bonds. The first kappa shape index (κ1) is 25.7. The molecule has 0 atom stereocenters. The highest BCUT2D eigenvalue weighted by molar-refractivity contribution is 6.06. The van der Waals surface area contributed by atoms with Crippen molar-refractivity contribution in [3.05, 3.63) is 62.7 Å². The molecule has 3 aromatic rings. The van der Waals surface area contributed by atoms with Gasteiger partial charge in [0.2, 0.25) is 0 Å². The van der Waals surface area contributed by atoms with Crippen LogP contribution in [0.25, 0.3) is 10.9 Å². The number of aromatic amines is 1. The van der Waals surface area contributed by atoms with Crippen molar-refractivity contribution in [3.63, 3.8) is 0 Å². The van der Waals surface area contributed by atoms with Crippen LogP contribution in [-0.2, 0) is 6.54 Å². The van der Waals surface area contributed by atoms with Gasteiger partial charge in [-0.2, -0.15) is 5.10 Å². The van der Waals surface area contributed by atoms with Gasteiger partial charge >= 0.3 is 0 Å². The molecule has 1 aliphatic heterocycles. The van der Waals surface area contributed by atoms with Gasteiger partial charge in [-0.1, -0.05) is 26.2 Å². The number of rotatable bonds is 8. The van der Waals surface area contributed by atoms with Crippen LogP contribution in [0, 0.1) is 13.8 Å². The van der Waals surface area contributed by atoms with Gasteiger partial charge < -0.3 is 15.2 Å². The number of piperidine rings is 1. The summed E-state index contributed by atoms with van der Waals surface area (Å²) in [6.07, 6.45) is 11.3. The monoisotopic (exact) mass is 503 g/mol. The Labute approximate surface area is 219 Å². The van der Waals surface area contributed by atoms with Crippen LogP contribution in [-0.4, -0.2) is 45.2 Å². The maximum absolute atomic E-state index is 13.6. The van der Waals surface area contributed by atoms with E-state index in [1.54, 1.807) is 0 Å². The molecule has 3 heterocycles. The number of carbonyl (C=O) groups excluding carboxylic acids is 1. The lowest BCUT2D eigenvalue weighted by molar-refractivity contribution is 0.0952. The number of nitrogens with zero attached hydrogens (tertiary/aromatic N) is 3. The molecule has 1 saturated heterocycles. The van der Waals surface area contributed by atoms with Crippen molar-refractivity contribution in [2.75, 3.05) is 19.6 Å². The van der Waals surface area contributed by atoms with Gasteiger partial charge in [-0.3, -0.25) is 14.3 Å². The highest BCUT2D eigenvalue weighted by Gasteiger charge is 2.26. The van der Waals surface area contributed by atoms with E-state index in [9.17, 15) is 9.59 Å². The lowest BCUT2D eigenvalue weighted by Crippen LogP contribution is -2.33. The Balaban J connectivity index is 1.44. The summed E-state index contributed by atoms with van der Waals surface area (Å²) >= 11 is 0. The van der Waals surface area contributed by atoms with Gasteiger partial charge in [0.1, 0.15) is 0 Å². The van der Waals surface area contributed by atoms with E-state index in [4.69, 9.17) is 5.10 Å². The number of benzene rings is 1. The van der Waals surface area contributed by atoms with Gasteiger partial charge in [0.15, 0.2) is 0 Å². The molecule has 198 valence electrons. The van der Waals surface area contributed by atoms with Crippen LogP contribution in [0.1, 0.15) is 103 Å². The standard InChI is InChI=1S/C30H41N5O2/c1-4-5-12-34-13-10-22(11-14-34)23-16-25(27-19-32-35(28(27)17-23)24-8-6-7-9-24)29(36)31-18-26-20(2)15-21(3)33-30(26)37/h15-17,19,22,24H,4-14,18H2,1-3H3,(H,31,36)(H,33,37). The Morgan fingerprint density at radius 2 is 1.86 bits per heavy atom. The zero-order valence-electron chi connectivity index (χ0n) is 22.6. The van der Waals surface area contributed by atoms with E-state index in [-0.39, 0.29) is 18.0 Å². The Bertz CT molecular complexity index is 1310. The predicted octanol–water partition coefficient (Wildman–Crippen LogP) is 5.37. The minimum Gasteiger partial charge on any atom is -0.348 e. The molecule has 1 saturated carbocycles. The van der Waals surface area contributed by atoms with Crippen molar-refractivity contribution in [1.29, 1.82) is 0 Å². The number of fused-ring (bicyclic) bond motifs is 1. The number of aryl methyl sites for hydroxylation is 2. The zero-order chi connectivity index (χ0) is 25.9. The first-order chi connectivity index (χ1) is 17.9. The topological polar surface area (TPSA) is 83.0 Å². The number of likely N-dealkylation sites (tertiary alicyclic amines) is 1. The number of hydrogen-bond donors (Lipinski definition) is 2. The van der Waals surface area contributed by atoms with Crippen LogP contribution in [0.15, 0.2) is 29.2 Å². The summed E-state index contributed by atoms with van der Waals surface area (Å²) in [6, 6.07) is 6.75. The molecule has 1 aliphatic carbocycles. The first-order valence-corrected chi connectivity index (χ1v) is 14.2. The average molecular weight is 504 g/mol. The van der Waals surface area contributed by atoms with Crippen LogP contribution in [0.5, 0.6) is 0 Å². The molecule has 2 fully saturated rings. The van der Waals surface area contributed by atoms with Gasteiger partial charge in [-0.05, 0) is 101 Å². The molecular weight excluding hydrogens is 462 g/mol. The number of nitrogens with one attached hydrogen (secondary N) is 2. The number of unbranched alkanes of at least 4 members (excludes halogenated alkanes) is 1.